The Hall–Kier alpha value is -3.49. The number of rotatable bonds is 6. The number of amides is 2. The van der Waals surface area contributed by atoms with E-state index in [9.17, 15) is 9.59 Å². The molecule has 3 aromatic rings. The number of benzene rings is 2. The number of nitrogens with zero attached hydrogens (tertiary/aromatic N) is 4. The van der Waals surface area contributed by atoms with Crippen LogP contribution in [0.5, 0.6) is 11.8 Å². The molecule has 9 heteroatoms. The third-order valence-electron chi connectivity index (χ3n) is 5.83. The lowest BCUT2D eigenvalue weighted by Crippen LogP contribution is -2.38. The average molecular weight is 464 g/mol. The predicted octanol–water partition coefficient (Wildman–Crippen LogP) is 3.36. The van der Waals surface area contributed by atoms with Gasteiger partial charge in [-0.3, -0.25) is 14.6 Å². The van der Waals surface area contributed by atoms with E-state index < -0.39 is 12.0 Å². The molecule has 2 fully saturated rings. The minimum Gasteiger partial charge on any atom is -0.424 e. The number of carbonyl (C=O) groups is 2. The normalized spacial score (nSPS) is 20.0. The van der Waals surface area contributed by atoms with Crippen molar-refractivity contribution < 1.29 is 14.3 Å². The minimum atomic E-state index is -0.924. The van der Waals surface area contributed by atoms with Gasteiger partial charge in [-0.25, -0.2) is 9.99 Å². The topological polar surface area (TPSA) is 87.7 Å². The average Bonchev–Trinajstić information content (AvgIpc) is 3.41. The van der Waals surface area contributed by atoms with Gasteiger partial charge in [0.25, 0.3) is 5.91 Å². The lowest BCUT2D eigenvalue weighted by atomic mass is 9.95. The van der Waals surface area contributed by atoms with E-state index >= 15 is 0 Å². The molecule has 8 nitrogen and oxygen atoms in total. The van der Waals surface area contributed by atoms with Gasteiger partial charge >= 0.3 is 6.01 Å². The molecule has 33 heavy (non-hydrogen) atoms. The van der Waals surface area contributed by atoms with Gasteiger partial charge in [-0.2, -0.15) is 4.98 Å². The summed E-state index contributed by atoms with van der Waals surface area (Å²) in [7, 11) is 0. The van der Waals surface area contributed by atoms with Gasteiger partial charge in [0.2, 0.25) is 5.91 Å². The van der Waals surface area contributed by atoms with Gasteiger partial charge in [-0.15, -0.1) is 0 Å². The first-order valence-electron chi connectivity index (χ1n) is 10.8. The zero-order valence-electron chi connectivity index (χ0n) is 17.7. The number of aromatic nitrogens is 2. The molecule has 0 radical (unpaired) electrons. The number of halogens is 1. The van der Waals surface area contributed by atoms with Gasteiger partial charge in [0, 0.05) is 30.9 Å². The van der Waals surface area contributed by atoms with E-state index in [1.165, 1.54) is 0 Å². The maximum atomic E-state index is 13.2. The molecule has 0 spiro atoms. The molecule has 2 atom stereocenters. The third-order valence-corrected chi connectivity index (χ3v) is 6.20. The van der Waals surface area contributed by atoms with Gasteiger partial charge in [-0.1, -0.05) is 48.0 Å². The maximum absolute atomic E-state index is 13.2. The summed E-state index contributed by atoms with van der Waals surface area (Å²) in [5.41, 5.74) is 1.35. The molecule has 2 aliphatic heterocycles. The summed E-state index contributed by atoms with van der Waals surface area (Å²) in [6, 6.07) is 17.9. The van der Waals surface area contributed by atoms with Crippen LogP contribution in [0.3, 0.4) is 0 Å². The number of hydrogen-bond donors (Lipinski definition) is 1. The highest BCUT2D eigenvalue weighted by molar-refractivity contribution is 6.31. The molecule has 2 aromatic carbocycles. The van der Waals surface area contributed by atoms with Gasteiger partial charge in [0.15, 0.2) is 0 Å². The van der Waals surface area contributed by atoms with Crippen LogP contribution in [0.1, 0.15) is 23.7 Å². The monoisotopic (exact) mass is 463 g/mol. The van der Waals surface area contributed by atoms with Crippen LogP contribution in [0, 0.1) is 5.92 Å². The van der Waals surface area contributed by atoms with Crippen molar-refractivity contribution in [2.45, 2.75) is 19.0 Å². The predicted molar refractivity (Wildman–Crippen MR) is 121 cm³/mol. The van der Waals surface area contributed by atoms with Gasteiger partial charge in [0.05, 0.1) is 11.7 Å². The van der Waals surface area contributed by atoms with E-state index in [4.69, 9.17) is 16.3 Å². The Kier molecular flexibility index (Phi) is 5.93. The van der Waals surface area contributed by atoms with Crippen molar-refractivity contribution >= 4 is 23.4 Å². The van der Waals surface area contributed by atoms with Crippen molar-refractivity contribution in [3.63, 3.8) is 0 Å². The molecule has 3 heterocycles. The van der Waals surface area contributed by atoms with Crippen LogP contribution in [0.25, 0.3) is 0 Å². The Labute approximate surface area is 196 Å². The van der Waals surface area contributed by atoms with Crippen molar-refractivity contribution in [2.75, 3.05) is 13.1 Å². The standard InChI is InChI=1S/C24H22ClN5O3/c25-18-10-5-4-7-16(18)15-27-22(31)20-21(29-13-6-14-30(29)23(20)32)19-11-12-26-24(28-19)33-17-8-2-1-3-9-17/h1-5,7-12,20-21H,6,13-15H2,(H,27,31). The van der Waals surface area contributed by atoms with Crippen LogP contribution in [0.4, 0.5) is 0 Å². The minimum absolute atomic E-state index is 0.166. The van der Waals surface area contributed by atoms with E-state index in [2.05, 4.69) is 15.3 Å². The molecule has 2 aliphatic rings. The second-order valence-corrected chi connectivity index (χ2v) is 8.30. The number of carbonyl (C=O) groups excluding carboxylic acids is 2. The molecule has 1 N–H and O–H groups in total. The van der Waals surface area contributed by atoms with E-state index in [1.807, 2.05) is 53.5 Å². The number of hydrazine groups is 1. The first-order valence-corrected chi connectivity index (χ1v) is 11.1. The molecule has 2 amide bonds. The van der Waals surface area contributed by atoms with Crippen LogP contribution in [-0.4, -0.2) is 44.9 Å². The summed E-state index contributed by atoms with van der Waals surface area (Å²) in [6.45, 7) is 1.49. The van der Waals surface area contributed by atoms with E-state index in [0.717, 1.165) is 12.0 Å². The molecular weight excluding hydrogens is 442 g/mol. The quantitative estimate of drug-likeness (QED) is 0.564. The molecule has 0 aliphatic carbocycles. The van der Waals surface area contributed by atoms with E-state index in [-0.39, 0.29) is 24.4 Å². The highest BCUT2D eigenvalue weighted by Gasteiger charge is 2.53. The van der Waals surface area contributed by atoms with E-state index in [0.29, 0.717) is 29.6 Å². The smallest absolute Gasteiger partial charge is 0.322 e. The molecule has 0 saturated carbocycles. The Morgan fingerprint density at radius 2 is 1.88 bits per heavy atom. The largest absolute Gasteiger partial charge is 0.424 e. The Morgan fingerprint density at radius 3 is 2.70 bits per heavy atom. The third kappa shape index (κ3) is 4.27. The highest BCUT2D eigenvalue weighted by Crippen LogP contribution is 2.40. The number of ether oxygens (including phenoxy) is 1. The second-order valence-electron chi connectivity index (χ2n) is 7.89. The van der Waals surface area contributed by atoms with Crippen molar-refractivity contribution in [2.24, 2.45) is 5.92 Å². The van der Waals surface area contributed by atoms with Gasteiger partial charge in [0.1, 0.15) is 11.7 Å². The van der Waals surface area contributed by atoms with Crippen molar-refractivity contribution in [3.05, 3.63) is 83.1 Å². The first kappa shape index (κ1) is 21.4. The van der Waals surface area contributed by atoms with Gasteiger partial charge in [-0.05, 0) is 36.2 Å². The molecule has 168 valence electrons. The van der Waals surface area contributed by atoms with Crippen LogP contribution >= 0.6 is 11.6 Å². The molecule has 0 bridgehead atoms. The lowest BCUT2D eigenvalue weighted by Gasteiger charge is -2.25. The fourth-order valence-electron chi connectivity index (χ4n) is 4.30. The molecule has 1 aromatic heterocycles. The Bertz CT molecular complexity index is 1180. The summed E-state index contributed by atoms with van der Waals surface area (Å²) in [4.78, 5) is 35.2. The number of hydrogen-bond acceptors (Lipinski definition) is 6. The maximum Gasteiger partial charge on any atom is 0.322 e. The highest BCUT2D eigenvalue weighted by atomic mass is 35.5. The number of nitrogens with one attached hydrogen (secondary N) is 1. The molecular formula is C24H22ClN5O3. The van der Waals surface area contributed by atoms with Crippen molar-refractivity contribution in [1.82, 2.24) is 25.3 Å². The molecule has 5 rings (SSSR count). The summed E-state index contributed by atoms with van der Waals surface area (Å²) >= 11 is 6.22. The summed E-state index contributed by atoms with van der Waals surface area (Å²) in [5.74, 6) is -0.900. The van der Waals surface area contributed by atoms with Crippen LogP contribution in [0.15, 0.2) is 66.9 Å². The van der Waals surface area contributed by atoms with E-state index in [1.54, 1.807) is 23.3 Å². The second kappa shape index (κ2) is 9.17. The Balaban J connectivity index is 1.40. The lowest BCUT2D eigenvalue weighted by molar-refractivity contribution is -0.140. The van der Waals surface area contributed by atoms with Gasteiger partial charge < -0.3 is 10.1 Å². The molecule has 2 saturated heterocycles. The summed E-state index contributed by atoms with van der Waals surface area (Å²) in [5, 5.41) is 7.03. The summed E-state index contributed by atoms with van der Waals surface area (Å²) < 4.78 is 5.78. The van der Waals surface area contributed by atoms with Crippen molar-refractivity contribution in [1.29, 1.82) is 0 Å². The molecule has 2 unspecified atom stereocenters. The SMILES string of the molecule is O=C(NCc1ccccc1Cl)C1C(=O)N2CCCN2C1c1ccnc(Oc2ccccc2)n1. The summed E-state index contributed by atoms with van der Waals surface area (Å²) in [6.07, 6.45) is 2.43. The first-order chi connectivity index (χ1) is 16.1. The van der Waals surface area contributed by atoms with Crippen LogP contribution < -0.4 is 10.1 Å². The fourth-order valence-corrected chi connectivity index (χ4v) is 4.50. The zero-order valence-corrected chi connectivity index (χ0v) is 18.5. The fraction of sp³-hybridized carbons (Fsp3) is 0.250. The Morgan fingerprint density at radius 1 is 1.09 bits per heavy atom. The van der Waals surface area contributed by atoms with Crippen LogP contribution in [0.2, 0.25) is 5.02 Å². The van der Waals surface area contributed by atoms with Crippen LogP contribution in [-0.2, 0) is 16.1 Å². The van der Waals surface area contributed by atoms with Crippen molar-refractivity contribution in [3.8, 4) is 11.8 Å². The number of fused-ring (bicyclic) bond motifs is 1. The number of para-hydroxylation sites is 1. The zero-order chi connectivity index (χ0) is 22.8.